The molecule has 0 aliphatic carbocycles. The van der Waals surface area contributed by atoms with Crippen LogP contribution in [-0.4, -0.2) is 26.8 Å². The van der Waals surface area contributed by atoms with Crippen LogP contribution in [0.4, 0.5) is 18.9 Å². The molecule has 2 aromatic carbocycles. The van der Waals surface area contributed by atoms with Crippen molar-refractivity contribution in [2.45, 2.75) is 12.7 Å². The van der Waals surface area contributed by atoms with Crippen molar-refractivity contribution in [3.63, 3.8) is 0 Å². The molecule has 0 aliphatic rings. The van der Waals surface area contributed by atoms with Crippen LogP contribution in [0.15, 0.2) is 67.1 Å². The first kappa shape index (κ1) is 20.1. The molecule has 0 unspecified atom stereocenters. The number of halogens is 3. The van der Waals surface area contributed by atoms with Gasteiger partial charge in [0.1, 0.15) is 6.54 Å². The first-order valence-corrected chi connectivity index (χ1v) is 9.13. The van der Waals surface area contributed by atoms with E-state index in [-0.39, 0.29) is 5.91 Å². The van der Waals surface area contributed by atoms with Crippen molar-refractivity contribution in [1.82, 2.24) is 14.8 Å². The number of nitrogens with zero attached hydrogens (tertiary/aromatic N) is 4. The smallest absolute Gasteiger partial charge is 0.320 e. The summed E-state index contributed by atoms with van der Waals surface area (Å²) < 4.78 is 38.7. The van der Waals surface area contributed by atoms with E-state index in [1.165, 1.54) is 18.6 Å². The fraction of sp³-hybridized carbons (Fsp3) is 0.0909. The van der Waals surface area contributed by atoms with Crippen LogP contribution in [0, 0.1) is 11.3 Å². The third-order valence-corrected chi connectivity index (χ3v) is 4.58. The fourth-order valence-corrected chi connectivity index (χ4v) is 3.19. The predicted octanol–water partition coefficient (Wildman–Crippen LogP) is 4.78. The van der Waals surface area contributed by atoms with Crippen LogP contribution in [0.5, 0.6) is 0 Å². The number of fused-ring (bicyclic) bond motifs is 1. The number of carbonyl (C=O) groups excluding carboxylic acids is 1. The molecule has 1 amide bonds. The fourth-order valence-electron chi connectivity index (χ4n) is 3.19. The number of benzene rings is 2. The van der Waals surface area contributed by atoms with E-state index in [0.717, 1.165) is 4.68 Å². The second-order valence-corrected chi connectivity index (χ2v) is 6.75. The zero-order valence-electron chi connectivity index (χ0n) is 15.9. The molecular weight excluding hydrogens is 407 g/mol. The average molecular weight is 421 g/mol. The van der Waals surface area contributed by atoms with E-state index in [4.69, 9.17) is 5.26 Å². The first-order chi connectivity index (χ1) is 14.8. The van der Waals surface area contributed by atoms with Gasteiger partial charge in [0.05, 0.1) is 29.0 Å². The molecule has 0 bridgehead atoms. The van der Waals surface area contributed by atoms with Gasteiger partial charge >= 0.3 is 6.18 Å². The van der Waals surface area contributed by atoms with Crippen molar-refractivity contribution < 1.29 is 18.0 Å². The van der Waals surface area contributed by atoms with Gasteiger partial charge in [0.15, 0.2) is 0 Å². The minimum absolute atomic E-state index is 0.373. The lowest BCUT2D eigenvalue weighted by molar-refractivity contribution is -0.142. The van der Waals surface area contributed by atoms with Gasteiger partial charge in [-0.2, -0.15) is 23.5 Å². The Balaban J connectivity index is 1.67. The van der Waals surface area contributed by atoms with Crippen LogP contribution in [-0.2, 0) is 6.54 Å². The third kappa shape index (κ3) is 4.38. The zero-order chi connectivity index (χ0) is 22.0. The highest BCUT2D eigenvalue weighted by molar-refractivity contribution is 6.10. The molecule has 0 atom stereocenters. The molecule has 4 rings (SSSR count). The number of rotatable bonds is 4. The van der Waals surface area contributed by atoms with Crippen molar-refractivity contribution in [3.8, 4) is 17.2 Å². The molecule has 0 aliphatic heterocycles. The number of aromatic nitrogens is 3. The van der Waals surface area contributed by atoms with Gasteiger partial charge in [-0.05, 0) is 42.0 Å². The van der Waals surface area contributed by atoms with E-state index < -0.39 is 12.7 Å². The van der Waals surface area contributed by atoms with Crippen LogP contribution >= 0.6 is 0 Å². The van der Waals surface area contributed by atoms with Gasteiger partial charge in [-0.1, -0.05) is 12.1 Å². The maximum Gasteiger partial charge on any atom is 0.408 e. The van der Waals surface area contributed by atoms with E-state index in [2.05, 4.69) is 15.4 Å². The number of para-hydroxylation sites is 1. The number of nitrogens with one attached hydrogen (secondary N) is 1. The standard InChI is InChI=1S/C22H14F3N5O/c23-22(24,25)13-30-12-16(11-28-30)17-8-9-27-20-18(17)2-1-3-19(20)29-21(31)15-6-4-14(10-26)5-7-15/h1-9,11-12H,13H2,(H,29,31). The second kappa shape index (κ2) is 7.91. The maximum absolute atomic E-state index is 12.6. The van der Waals surface area contributed by atoms with E-state index in [1.54, 1.807) is 48.5 Å². The molecule has 2 heterocycles. The van der Waals surface area contributed by atoms with Gasteiger partial charge in [-0.3, -0.25) is 14.5 Å². The highest BCUT2D eigenvalue weighted by Gasteiger charge is 2.28. The number of hydrogen-bond donors (Lipinski definition) is 1. The molecular formula is C22H14F3N5O. The molecule has 0 spiro atoms. The van der Waals surface area contributed by atoms with Crippen LogP contribution in [0.2, 0.25) is 0 Å². The van der Waals surface area contributed by atoms with Crippen molar-refractivity contribution in [2.24, 2.45) is 0 Å². The van der Waals surface area contributed by atoms with Gasteiger partial charge in [0.25, 0.3) is 5.91 Å². The molecule has 31 heavy (non-hydrogen) atoms. The monoisotopic (exact) mass is 421 g/mol. The Hall–Kier alpha value is -4.19. The van der Waals surface area contributed by atoms with E-state index >= 15 is 0 Å². The molecule has 154 valence electrons. The third-order valence-electron chi connectivity index (χ3n) is 4.58. The van der Waals surface area contributed by atoms with Crippen molar-refractivity contribution in [2.75, 3.05) is 5.32 Å². The minimum atomic E-state index is -4.37. The predicted molar refractivity (Wildman–Crippen MR) is 108 cm³/mol. The number of amides is 1. The van der Waals surface area contributed by atoms with Gasteiger partial charge < -0.3 is 5.32 Å². The van der Waals surface area contributed by atoms with Gasteiger partial charge in [0, 0.05) is 28.9 Å². The Bertz CT molecular complexity index is 1300. The summed E-state index contributed by atoms with van der Waals surface area (Å²) in [4.78, 5) is 16.9. The molecule has 1 N–H and O–H groups in total. The summed E-state index contributed by atoms with van der Waals surface area (Å²) in [5.41, 5.74) is 2.92. The Labute approximate surface area is 174 Å². The molecule has 2 aromatic heterocycles. The molecule has 0 radical (unpaired) electrons. The summed E-state index contributed by atoms with van der Waals surface area (Å²) in [6.45, 7) is -1.18. The Morgan fingerprint density at radius 3 is 2.61 bits per heavy atom. The number of anilines is 1. The molecule has 0 fully saturated rings. The topological polar surface area (TPSA) is 83.6 Å². The highest BCUT2D eigenvalue weighted by Crippen LogP contribution is 2.31. The van der Waals surface area contributed by atoms with Crippen LogP contribution in [0.1, 0.15) is 15.9 Å². The Morgan fingerprint density at radius 2 is 1.90 bits per heavy atom. The summed E-state index contributed by atoms with van der Waals surface area (Å²) in [5.74, 6) is -0.373. The normalized spacial score (nSPS) is 11.3. The molecule has 0 saturated carbocycles. The summed E-state index contributed by atoms with van der Waals surface area (Å²) in [7, 11) is 0. The van der Waals surface area contributed by atoms with Crippen molar-refractivity contribution >= 4 is 22.5 Å². The largest absolute Gasteiger partial charge is 0.408 e. The summed E-state index contributed by atoms with van der Waals surface area (Å²) >= 11 is 0. The zero-order valence-corrected chi connectivity index (χ0v) is 15.9. The molecule has 4 aromatic rings. The molecule has 9 heteroatoms. The summed E-state index contributed by atoms with van der Waals surface area (Å²) in [6, 6.07) is 15.1. The van der Waals surface area contributed by atoms with Gasteiger partial charge in [-0.25, -0.2) is 0 Å². The van der Waals surface area contributed by atoms with Crippen LogP contribution in [0.25, 0.3) is 22.0 Å². The SMILES string of the molecule is N#Cc1ccc(C(=O)Nc2cccc3c(-c4cnn(CC(F)(F)F)c4)ccnc23)cc1. The maximum atomic E-state index is 12.6. The second-order valence-electron chi connectivity index (χ2n) is 6.75. The van der Waals surface area contributed by atoms with Gasteiger partial charge in [0.2, 0.25) is 0 Å². The van der Waals surface area contributed by atoms with E-state index in [9.17, 15) is 18.0 Å². The lowest BCUT2D eigenvalue weighted by Crippen LogP contribution is -2.17. The number of hydrogen-bond acceptors (Lipinski definition) is 4. The molecule has 6 nitrogen and oxygen atoms in total. The lowest BCUT2D eigenvalue weighted by Gasteiger charge is -2.10. The number of pyridine rings is 1. The van der Waals surface area contributed by atoms with Crippen LogP contribution in [0.3, 0.4) is 0 Å². The number of nitriles is 1. The Kier molecular flexibility index (Phi) is 5.13. The Morgan fingerprint density at radius 1 is 1.13 bits per heavy atom. The molecule has 0 saturated heterocycles. The quantitative estimate of drug-likeness (QED) is 0.514. The highest BCUT2D eigenvalue weighted by atomic mass is 19.4. The van der Waals surface area contributed by atoms with Crippen LogP contribution < -0.4 is 5.32 Å². The first-order valence-electron chi connectivity index (χ1n) is 9.13. The van der Waals surface area contributed by atoms with Crippen molar-refractivity contribution in [3.05, 3.63) is 78.2 Å². The lowest BCUT2D eigenvalue weighted by atomic mass is 10.0. The summed E-state index contributed by atoms with van der Waals surface area (Å²) in [5, 5.41) is 16.1. The number of carbonyl (C=O) groups is 1. The van der Waals surface area contributed by atoms with E-state index in [1.807, 2.05) is 6.07 Å². The number of alkyl halides is 3. The summed E-state index contributed by atoms with van der Waals surface area (Å²) in [6.07, 6.45) is -0.157. The average Bonchev–Trinajstić information content (AvgIpc) is 3.20. The van der Waals surface area contributed by atoms with Gasteiger partial charge in [-0.15, -0.1) is 0 Å². The minimum Gasteiger partial charge on any atom is -0.320 e. The van der Waals surface area contributed by atoms with Crippen molar-refractivity contribution in [1.29, 1.82) is 5.26 Å². The van der Waals surface area contributed by atoms with E-state index in [0.29, 0.717) is 38.8 Å².